The molecule has 0 saturated heterocycles. The van der Waals surface area contributed by atoms with Crippen LogP contribution in [0.15, 0.2) is 12.2 Å². The number of rotatable bonds is 4. The highest BCUT2D eigenvalue weighted by Gasteiger charge is 2.58. The molecule has 0 spiro atoms. The van der Waals surface area contributed by atoms with Gasteiger partial charge in [-0.3, -0.25) is 4.79 Å². The summed E-state index contributed by atoms with van der Waals surface area (Å²) >= 11 is 0. The van der Waals surface area contributed by atoms with Crippen molar-refractivity contribution < 1.29 is 9.53 Å². The number of methoxy groups -OCH3 is 1. The van der Waals surface area contributed by atoms with Crippen LogP contribution in [0.1, 0.15) is 85.0 Å². The first kappa shape index (κ1) is 19.5. The predicted octanol–water partition coefficient (Wildman–Crippen LogP) is 6.40. The number of carbonyl (C=O) groups excluding carboxylic acids is 1. The zero-order chi connectivity index (χ0) is 19.2. The van der Waals surface area contributed by atoms with Crippen molar-refractivity contribution in [1.82, 2.24) is 0 Å². The van der Waals surface area contributed by atoms with Crippen LogP contribution in [-0.4, -0.2) is 13.1 Å². The molecule has 27 heavy (non-hydrogen) atoms. The van der Waals surface area contributed by atoms with Crippen LogP contribution in [0.2, 0.25) is 0 Å². The molecule has 0 bridgehead atoms. The number of fused-ring (bicyclic) bond motifs is 5. The molecule has 0 radical (unpaired) electrons. The summed E-state index contributed by atoms with van der Waals surface area (Å²) in [5, 5.41) is 0. The normalized spacial score (nSPS) is 46.9. The van der Waals surface area contributed by atoms with Gasteiger partial charge in [-0.25, -0.2) is 0 Å². The summed E-state index contributed by atoms with van der Waals surface area (Å²) in [6.07, 6.45) is 18.4. The third-order valence-electron chi connectivity index (χ3n) is 9.81. The van der Waals surface area contributed by atoms with E-state index in [1.54, 1.807) is 0 Å². The third kappa shape index (κ3) is 3.10. The van der Waals surface area contributed by atoms with Crippen LogP contribution in [0.5, 0.6) is 0 Å². The van der Waals surface area contributed by atoms with E-state index in [9.17, 15) is 4.79 Å². The van der Waals surface area contributed by atoms with E-state index in [2.05, 4.69) is 32.9 Å². The second-order valence-electron chi connectivity index (χ2n) is 10.8. The molecule has 0 aromatic rings. The van der Waals surface area contributed by atoms with Gasteiger partial charge in [0.25, 0.3) is 0 Å². The first-order chi connectivity index (χ1) is 12.9. The van der Waals surface area contributed by atoms with E-state index in [-0.39, 0.29) is 5.97 Å². The highest BCUT2D eigenvalue weighted by atomic mass is 16.5. The van der Waals surface area contributed by atoms with Crippen LogP contribution in [0.25, 0.3) is 0 Å². The Hall–Kier alpha value is -0.790. The quantitative estimate of drug-likeness (QED) is 0.421. The summed E-state index contributed by atoms with van der Waals surface area (Å²) in [7, 11) is 1.51. The van der Waals surface area contributed by atoms with Crippen molar-refractivity contribution in [2.45, 2.75) is 85.0 Å². The molecular formula is C25H40O2. The molecule has 0 amide bonds. The predicted molar refractivity (Wildman–Crippen MR) is 110 cm³/mol. The summed E-state index contributed by atoms with van der Waals surface area (Å²) in [6, 6.07) is 0. The van der Waals surface area contributed by atoms with E-state index in [1.165, 1.54) is 58.5 Å². The summed E-state index contributed by atoms with van der Waals surface area (Å²) < 4.78 is 4.87. The average Bonchev–Trinajstić information content (AvgIpc) is 3.02. The second-order valence-corrected chi connectivity index (χ2v) is 10.8. The molecule has 8 atom stereocenters. The summed E-state index contributed by atoms with van der Waals surface area (Å²) in [6.45, 7) is 7.55. The molecule has 0 unspecified atom stereocenters. The largest absolute Gasteiger partial charge is 0.469 e. The Kier molecular flexibility index (Phi) is 5.23. The zero-order valence-corrected chi connectivity index (χ0v) is 18.0. The van der Waals surface area contributed by atoms with Gasteiger partial charge in [-0.1, -0.05) is 45.8 Å². The minimum Gasteiger partial charge on any atom is -0.469 e. The standard InChI is InChI=1S/C25H40O2/c1-17(8-13-23(26)27-4)20-11-12-21-19-10-9-18-7-5-6-15-24(18,2)22(19)14-16-25(20,21)3/h14,16-22H,5-13,15H2,1-4H3/t17-,18-,19-,20+,21-,22-,24+,25+/m1/s1. The molecule has 2 nitrogen and oxygen atoms in total. The number of carbonyl (C=O) groups is 1. The van der Waals surface area contributed by atoms with Crippen LogP contribution in [0.3, 0.4) is 0 Å². The minimum absolute atomic E-state index is 0.0515. The van der Waals surface area contributed by atoms with Gasteiger partial charge in [0.05, 0.1) is 7.11 Å². The Morgan fingerprint density at radius 2 is 1.96 bits per heavy atom. The molecule has 0 N–H and O–H groups in total. The van der Waals surface area contributed by atoms with Crippen molar-refractivity contribution in [3.63, 3.8) is 0 Å². The van der Waals surface area contributed by atoms with Crippen LogP contribution in [-0.2, 0) is 9.53 Å². The van der Waals surface area contributed by atoms with Gasteiger partial charge < -0.3 is 4.74 Å². The lowest BCUT2D eigenvalue weighted by Crippen LogP contribution is -2.50. The minimum atomic E-state index is -0.0515. The number of ether oxygens (including phenoxy) is 1. The fourth-order valence-electron chi connectivity index (χ4n) is 8.26. The zero-order valence-electron chi connectivity index (χ0n) is 18.0. The Morgan fingerprint density at radius 1 is 1.15 bits per heavy atom. The van der Waals surface area contributed by atoms with Crippen LogP contribution >= 0.6 is 0 Å². The molecule has 3 fully saturated rings. The molecule has 0 heterocycles. The number of hydrogen-bond acceptors (Lipinski definition) is 2. The summed E-state index contributed by atoms with van der Waals surface area (Å²) in [5.74, 6) is 4.82. The van der Waals surface area contributed by atoms with Crippen molar-refractivity contribution in [3.8, 4) is 0 Å². The van der Waals surface area contributed by atoms with Crippen LogP contribution in [0.4, 0.5) is 0 Å². The summed E-state index contributed by atoms with van der Waals surface area (Å²) in [4.78, 5) is 11.6. The Labute approximate surface area is 166 Å². The molecular weight excluding hydrogens is 332 g/mol. The van der Waals surface area contributed by atoms with E-state index < -0.39 is 0 Å². The highest BCUT2D eigenvalue weighted by Crippen LogP contribution is 2.66. The van der Waals surface area contributed by atoms with Crippen molar-refractivity contribution >= 4 is 5.97 Å². The van der Waals surface area contributed by atoms with Gasteiger partial charge in [-0.15, -0.1) is 0 Å². The lowest BCUT2D eigenvalue weighted by molar-refractivity contribution is -0.141. The van der Waals surface area contributed by atoms with Crippen LogP contribution in [0, 0.1) is 46.3 Å². The fourth-order valence-corrected chi connectivity index (χ4v) is 8.26. The Bertz CT molecular complexity index is 595. The number of esters is 1. The first-order valence-corrected chi connectivity index (χ1v) is 11.7. The molecule has 0 aromatic carbocycles. The molecule has 0 aliphatic heterocycles. The van der Waals surface area contributed by atoms with Gasteiger partial charge in [0.1, 0.15) is 0 Å². The van der Waals surface area contributed by atoms with Gasteiger partial charge in [0, 0.05) is 6.42 Å². The maximum atomic E-state index is 11.6. The van der Waals surface area contributed by atoms with E-state index in [1.807, 2.05) is 0 Å². The molecule has 4 aliphatic carbocycles. The maximum Gasteiger partial charge on any atom is 0.305 e. The Balaban J connectivity index is 1.54. The first-order valence-electron chi connectivity index (χ1n) is 11.7. The van der Waals surface area contributed by atoms with E-state index >= 15 is 0 Å². The van der Waals surface area contributed by atoms with Gasteiger partial charge in [-0.05, 0) is 91.3 Å². The molecule has 3 saturated carbocycles. The van der Waals surface area contributed by atoms with Crippen molar-refractivity contribution in [1.29, 1.82) is 0 Å². The average molecular weight is 373 g/mol. The topological polar surface area (TPSA) is 26.3 Å². The SMILES string of the molecule is COC(=O)CC[C@@H](C)[C@@H]1CC[C@@H]2[C@H]3CC[C@H]4CCCC[C@]4(C)[C@@H]3C=C[C@]21C. The third-order valence-corrected chi connectivity index (χ3v) is 9.81. The van der Waals surface area contributed by atoms with Crippen molar-refractivity contribution in [3.05, 3.63) is 12.2 Å². The van der Waals surface area contributed by atoms with E-state index in [4.69, 9.17) is 4.74 Å². The van der Waals surface area contributed by atoms with Gasteiger partial charge in [0.15, 0.2) is 0 Å². The van der Waals surface area contributed by atoms with Crippen LogP contribution < -0.4 is 0 Å². The maximum absolute atomic E-state index is 11.6. The summed E-state index contributed by atoms with van der Waals surface area (Å²) in [5.41, 5.74) is 0.905. The molecule has 0 aromatic heterocycles. The molecule has 2 heteroatoms. The highest BCUT2D eigenvalue weighted by molar-refractivity contribution is 5.69. The fraction of sp³-hybridized carbons (Fsp3) is 0.880. The van der Waals surface area contributed by atoms with Gasteiger partial charge in [-0.2, -0.15) is 0 Å². The monoisotopic (exact) mass is 372 g/mol. The van der Waals surface area contributed by atoms with E-state index in [0.717, 1.165) is 36.0 Å². The van der Waals surface area contributed by atoms with Gasteiger partial charge in [0.2, 0.25) is 0 Å². The second kappa shape index (κ2) is 7.23. The Morgan fingerprint density at radius 3 is 2.74 bits per heavy atom. The number of allylic oxidation sites excluding steroid dienone is 2. The number of hydrogen-bond donors (Lipinski definition) is 0. The van der Waals surface area contributed by atoms with Crippen molar-refractivity contribution in [2.75, 3.05) is 7.11 Å². The molecule has 4 aliphatic rings. The van der Waals surface area contributed by atoms with E-state index in [0.29, 0.717) is 23.2 Å². The lowest BCUT2D eigenvalue weighted by atomic mass is 9.46. The van der Waals surface area contributed by atoms with Gasteiger partial charge >= 0.3 is 5.97 Å². The van der Waals surface area contributed by atoms with Crippen molar-refractivity contribution in [2.24, 2.45) is 46.3 Å². The molecule has 4 rings (SSSR count). The lowest BCUT2D eigenvalue weighted by Gasteiger charge is -2.58. The molecule has 152 valence electrons. The smallest absolute Gasteiger partial charge is 0.305 e.